The van der Waals surface area contributed by atoms with Crippen molar-refractivity contribution in [1.29, 1.82) is 0 Å². The minimum atomic E-state index is -0.375. The third-order valence-corrected chi connectivity index (χ3v) is 5.85. The first-order valence-electron chi connectivity index (χ1n) is 8.85. The molecular formula is C16H20N8O4S2. The smallest absolute Gasteiger partial charge is 0.253 e. The number of anilines is 2. The van der Waals surface area contributed by atoms with Crippen LogP contribution in [0, 0.1) is 0 Å². The normalized spacial score (nSPS) is 14.0. The molecule has 1 saturated heterocycles. The predicted molar refractivity (Wildman–Crippen MR) is 113 cm³/mol. The number of nitrogens with zero attached hydrogens (tertiary/aromatic N) is 4. The van der Waals surface area contributed by atoms with Crippen molar-refractivity contribution in [3.63, 3.8) is 0 Å². The van der Waals surface area contributed by atoms with Crippen LogP contribution in [-0.2, 0) is 9.59 Å². The van der Waals surface area contributed by atoms with Crippen molar-refractivity contribution in [3.05, 3.63) is 32.8 Å². The van der Waals surface area contributed by atoms with Gasteiger partial charge in [-0.25, -0.2) is 9.97 Å². The number of hydrogen-bond donors (Lipinski definition) is 4. The highest BCUT2D eigenvalue weighted by atomic mass is 32.2. The van der Waals surface area contributed by atoms with E-state index in [1.54, 1.807) is 9.80 Å². The topological polar surface area (TPSA) is 184 Å². The molecule has 0 bridgehead atoms. The van der Waals surface area contributed by atoms with Gasteiger partial charge in [0.15, 0.2) is 10.3 Å². The fraction of sp³-hybridized carbons (Fsp3) is 0.375. The average molecular weight is 453 g/mol. The number of rotatable bonds is 6. The Morgan fingerprint density at radius 1 is 0.833 bits per heavy atom. The standard InChI is InChI=1S/C16H20N8O4S2/c17-9-5-11(25)21-15(19-9)29-7-13(27)23-1-2-24(4-3-23)14(28)8-30-16-20-10(18)6-12(26)22-16/h5-6H,1-4,7-8H2,(H3,17,19,21,25)(H3,18,20,22,26). The molecule has 2 amide bonds. The molecule has 12 nitrogen and oxygen atoms in total. The van der Waals surface area contributed by atoms with Gasteiger partial charge in [-0.05, 0) is 0 Å². The summed E-state index contributed by atoms with van der Waals surface area (Å²) in [6.07, 6.45) is 0. The van der Waals surface area contributed by atoms with Gasteiger partial charge in [-0.15, -0.1) is 0 Å². The minimum absolute atomic E-state index is 0.0937. The van der Waals surface area contributed by atoms with Gasteiger partial charge in [-0.1, -0.05) is 23.5 Å². The lowest BCUT2D eigenvalue weighted by Gasteiger charge is -2.34. The molecule has 30 heavy (non-hydrogen) atoms. The van der Waals surface area contributed by atoms with E-state index in [0.717, 1.165) is 23.5 Å². The summed E-state index contributed by atoms with van der Waals surface area (Å²) in [6.45, 7) is 1.63. The van der Waals surface area contributed by atoms with Crippen LogP contribution in [0.5, 0.6) is 0 Å². The monoisotopic (exact) mass is 452 g/mol. The van der Waals surface area contributed by atoms with Crippen molar-refractivity contribution in [1.82, 2.24) is 29.7 Å². The van der Waals surface area contributed by atoms with Gasteiger partial charge < -0.3 is 31.2 Å². The Kier molecular flexibility index (Phi) is 6.99. The Labute approximate surface area is 178 Å². The average Bonchev–Trinajstić information content (AvgIpc) is 2.69. The molecule has 3 rings (SSSR count). The lowest BCUT2D eigenvalue weighted by atomic mass is 10.3. The second-order valence-electron chi connectivity index (χ2n) is 6.29. The second kappa shape index (κ2) is 9.67. The minimum Gasteiger partial charge on any atom is -0.383 e. The summed E-state index contributed by atoms with van der Waals surface area (Å²) < 4.78 is 0. The van der Waals surface area contributed by atoms with Crippen LogP contribution in [0.2, 0.25) is 0 Å². The van der Waals surface area contributed by atoms with E-state index >= 15 is 0 Å². The Morgan fingerprint density at radius 2 is 1.20 bits per heavy atom. The van der Waals surface area contributed by atoms with E-state index in [4.69, 9.17) is 11.5 Å². The van der Waals surface area contributed by atoms with Crippen LogP contribution >= 0.6 is 23.5 Å². The molecule has 0 spiro atoms. The zero-order valence-electron chi connectivity index (χ0n) is 15.8. The van der Waals surface area contributed by atoms with Gasteiger partial charge in [0.25, 0.3) is 11.1 Å². The highest BCUT2D eigenvalue weighted by Gasteiger charge is 2.24. The zero-order chi connectivity index (χ0) is 21.7. The molecule has 2 aromatic heterocycles. The van der Waals surface area contributed by atoms with Crippen molar-refractivity contribution in [2.45, 2.75) is 10.3 Å². The molecule has 0 aliphatic carbocycles. The van der Waals surface area contributed by atoms with E-state index in [-0.39, 0.29) is 56.4 Å². The molecule has 1 fully saturated rings. The molecule has 6 N–H and O–H groups in total. The maximum absolute atomic E-state index is 12.4. The summed E-state index contributed by atoms with van der Waals surface area (Å²) in [5.41, 5.74) is 10.3. The molecule has 2 aromatic rings. The zero-order valence-corrected chi connectivity index (χ0v) is 17.4. The van der Waals surface area contributed by atoms with Crippen molar-refractivity contribution in [2.75, 3.05) is 49.2 Å². The summed E-state index contributed by atoms with van der Waals surface area (Å²) in [4.78, 5) is 63.8. The number of carbonyl (C=O) groups excluding carboxylic acids is 2. The van der Waals surface area contributed by atoms with Crippen LogP contribution in [0.4, 0.5) is 11.6 Å². The number of nitrogens with two attached hydrogens (primary N) is 2. The lowest BCUT2D eigenvalue weighted by molar-refractivity contribution is -0.136. The first kappa shape index (κ1) is 21.7. The first-order valence-corrected chi connectivity index (χ1v) is 10.8. The maximum atomic E-state index is 12.4. The number of carbonyl (C=O) groups is 2. The van der Waals surface area contributed by atoms with Gasteiger partial charge in [0, 0.05) is 38.3 Å². The number of nitrogens with one attached hydrogen (secondary N) is 2. The van der Waals surface area contributed by atoms with E-state index in [2.05, 4.69) is 19.9 Å². The van der Waals surface area contributed by atoms with Crippen LogP contribution in [0.1, 0.15) is 0 Å². The molecule has 1 aliphatic rings. The Hall–Kier alpha value is -3.00. The number of aromatic amines is 2. The fourth-order valence-corrected chi connectivity index (χ4v) is 4.26. The molecule has 3 heterocycles. The SMILES string of the molecule is Nc1cc(=O)[nH]c(SCC(=O)N2CCN(C(=O)CSc3nc(N)cc(=O)[nH]3)CC2)n1. The van der Waals surface area contributed by atoms with E-state index in [1.807, 2.05) is 0 Å². The maximum Gasteiger partial charge on any atom is 0.253 e. The molecule has 0 saturated carbocycles. The number of hydrogen-bond acceptors (Lipinski definition) is 10. The molecule has 0 unspecified atom stereocenters. The van der Waals surface area contributed by atoms with Gasteiger partial charge >= 0.3 is 0 Å². The quantitative estimate of drug-likeness (QED) is 0.299. The summed E-state index contributed by atoms with van der Waals surface area (Å²) in [6, 6.07) is 2.33. The highest BCUT2D eigenvalue weighted by molar-refractivity contribution is 8.00. The van der Waals surface area contributed by atoms with Crippen LogP contribution in [0.25, 0.3) is 0 Å². The summed E-state index contributed by atoms with van der Waals surface area (Å²) >= 11 is 2.20. The number of aromatic nitrogens is 4. The molecule has 14 heteroatoms. The fourth-order valence-electron chi connectivity index (χ4n) is 2.69. The van der Waals surface area contributed by atoms with Crippen LogP contribution in [-0.4, -0.2) is 79.2 Å². The van der Waals surface area contributed by atoms with E-state index in [1.165, 1.54) is 12.1 Å². The number of piperazine rings is 1. The van der Waals surface area contributed by atoms with Gasteiger partial charge in [-0.3, -0.25) is 19.2 Å². The summed E-state index contributed by atoms with van der Waals surface area (Å²) in [5, 5.41) is 0.569. The van der Waals surface area contributed by atoms with Crippen molar-refractivity contribution < 1.29 is 9.59 Å². The summed E-state index contributed by atoms with van der Waals surface area (Å²) in [5.74, 6) is 0.156. The van der Waals surface area contributed by atoms with Crippen molar-refractivity contribution in [3.8, 4) is 0 Å². The van der Waals surface area contributed by atoms with Crippen LogP contribution in [0.3, 0.4) is 0 Å². The van der Waals surface area contributed by atoms with Gasteiger partial charge in [-0.2, -0.15) is 0 Å². The van der Waals surface area contributed by atoms with Gasteiger partial charge in [0.05, 0.1) is 11.5 Å². The summed E-state index contributed by atoms with van der Waals surface area (Å²) in [7, 11) is 0. The van der Waals surface area contributed by atoms with Gasteiger partial charge in [0.2, 0.25) is 11.8 Å². The molecule has 0 atom stereocenters. The molecule has 0 aromatic carbocycles. The van der Waals surface area contributed by atoms with E-state index < -0.39 is 0 Å². The largest absolute Gasteiger partial charge is 0.383 e. The first-order chi connectivity index (χ1) is 14.3. The molecule has 0 radical (unpaired) electrons. The number of thioether (sulfide) groups is 2. The number of amides is 2. The Morgan fingerprint density at radius 3 is 1.53 bits per heavy atom. The van der Waals surface area contributed by atoms with Crippen molar-refractivity contribution in [2.24, 2.45) is 0 Å². The Bertz CT molecular complexity index is 965. The van der Waals surface area contributed by atoms with Crippen molar-refractivity contribution >= 4 is 47.0 Å². The van der Waals surface area contributed by atoms with Crippen LogP contribution < -0.4 is 22.6 Å². The molecule has 1 aliphatic heterocycles. The predicted octanol–water partition coefficient (Wildman–Crippen LogP) is -1.43. The lowest BCUT2D eigenvalue weighted by Crippen LogP contribution is -2.51. The molecule has 160 valence electrons. The second-order valence-corrected chi connectivity index (χ2v) is 8.22. The number of nitrogen functional groups attached to an aromatic ring is 2. The van der Waals surface area contributed by atoms with Crippen LogP contribution in [0.15, 0.2) is 32.0 Å². The Balaban J connectivity index is 1.44. The highest BCUT2D eigenvalue weighted by Crippen LogP contribution is 2.16. The third kappa shape index (κ3) is 6.00. The van der Waals surface area contributed by atoms with E-state index in [0.29, 0.717) is 26.2 Å². The number of H-pyrrole nitrogens is 2. The van der Waals surface area contributed by atoms with E-state index in [9.17, 15) is 19.2 Å². The molecular weight excluding hydrogens is 432 g/mol. The van der Waals surface area contributed by atoms with Gasteiger partial charge in [0.1, 0.15) is 11.6 Å². The third-order valence-electron chi connectivity index (χ3n) is 4.13.